The number of sulfonamides is 1. The first-order valence-electron chi connectivity index (χ1n) is 8.98. The molecule has 0 radical (unpaired) electrons. The van der Waals surface area contributed by atoms with Gasteiger partial charge in [0.2, 0.25) is 15.9 Å². The van der Waals surface area contributed by atoms with E-state index in [1.807, 2.05) is 6.92 Å². The van der Waals surface area contributed by atoms with Gasteiger partial charge < -0.3 is 15.1 Å². The van der Waals surface area contributed by atoms with Crippen LogP contribution in [0.2, 0.25) is 0 Å². The van der Waals surface area contributed by atoms with E-state index in [1.165, 1.54) is 24.2 Å². The monoisotopic (exact) mass is 405 g/mol. The van der Waals surface area contributed by atoms with Crippen LogP contribution in [0.1, 0.15) is 41.6 Å². The number of anilines is 2. The number of carbonyl (C=O) groups excluding carboxylic acids is 2. The Kier molecular flexibility index (Phi) is 5.57. The molecule has 0 unspecified atom stereocenters. The Labute approximate surface area is 164 Å². The van der Waals surface area contributed by atoms with Crippen molar-refractivity contribution in [2.75, 3.05) is 23.7 Å². The number of rotatable bonds is 5. The quantitative estimate of drug-likeness (QED) is 0.795. The fraction of sp³-hybridized carbons (Fsp3) is 0.368. The molecule has 8 nitrogen and oxygen atoms in total. The van der Waals surface area contributed by atoms with Crippen molar-refractivity contribution in [2.24, 2.45) is 0 Å². The van der Waals surface area contributed by atoms with Crippen LogP contribution in [0.5, 0.6) is 0 Å². The lowest BCUT2D eigenvalue weighted by Crippen LogP contribution is -2.28. The fourth-order valence-electron chi connectivity index (χ4n) is 3.15. The maximum atomic E-state index is 12.8. The third-order valence-electron chi connectivity index (χ3n) is 4.51. The first kappa shape index (κ1) is 20.1. The summed E-state index contributed by atoms with van der Waals surface area (Å²) < 4.78 is 32.4. The average Bonchev–Trinajstić information content (AvgIpc) is 3.27. The molecule has 3 rings (SSSR count). The molecule has 0 atom stereocenters. The lowest BCUT2D eigenvalue weighted by Gasteiger charge is -2.14. The minimum Gasteiger partial charge on any atom is -0.455 e. The number of aryl methyl sites for hydroxylation is 2. The van der Waals surface area contributed by atoms with Gasteiger partial charge in [-0.15, -0.1) is 0 Å². The Bertz CT molecular complexity index is 1020. The van der Waals surface area contributed by atoms with Gasteiger partial charge in [0.15, 0.2) is 5.76 Å². The summed E-state index contributed by atoms with van der Waals surface area (Å²) in [6.45, 7) is 5.69. The molecule has 1 saturated heterocycles. The third kappa shape index (κ3) is 4.10. The van der Waals surface area contributed by atoms with Gasteiger partial charge in [-0.1, -0.05) is 6.07 Å². The Morgan fingerprint density at radius 2 is 1.71 bits per heavy atom. The van der Waals surface area contributed by atoms with E-state index in [-0.39, 0.29) is 22.3 Å². The zero-order valence-electron chi connectivity index (χ0n) is 16.0. The largest absolute Gasteiger partial charge is 0.455 e. The second kappa shape index (κ2) is 7.76. The van der Waals surface area contributed by atoms with Crippen LogP contribution in [0.3, 0.4) is 0 Å². The molecule has 9 heteroatoms. The molecule has 150 valence electrons. The average molecular weight is 405 g/mol. The van der Waals surface area contributed by atoms with Gasteiger partial charge in [0.05, 0.1) is 11.4 Å². The van der Waals surface area contributed by atoms with Gasteiger partial charge in [0.25, 0.3) is 5.91 Å². The Morgan fingerprint density at radius 1 is 1.04 bits per heavy atom. The van der Waals surface area contributed by atoms with Crippen molar-refractivity contribution in [3.8, 4) is 0 Å². The predicted octanol–water partition coefficient (Wildman–Crippen LogP) is 2.89. The highest BCUT2D eigenvalue weighted by atomic mass is 32.2. The molecule has 2 N–H and O–H groups in total. The van der Waals surface area contributed by atoms with Gasteiger partial charge in [-0.3, -0.25) is 9.59 Å². The SMILES string of the molecule is CC(=O)Nc1ccc(C)cc1NC(=O)c1cc(S(=O)(=O)N2CCCC2)c(C)o1. The molecule has 0 saturated carbocycles. The maximum absolute atomic E-state index is 12.8. The number of benzene rings is 1. The van der Waals surface area contributed by atoms with Gasteiger partial charge in [0.1, 0.15) is 10.7 Å². The highest BCUT2D eigenvalue weighted by Crippen LogP contribution is 2.28. The number of hydrogen-bond donors (Lipinski definition) is 2. The van der Waals surface area contributed by atoms with Crippen LogP contribution < -0.4 is 10.6 Å². The van der Waals surface area contributed by atoms with Crippen LogP contribution in [0.25, 0.3) is 0 Å². The third-order valence-corrected chi connectivity index (χ3v) is 6.52. The molecule has 0 bridgehead atoms. The van der Waals surface area contributed by atoms with Crippen LogP contribution in [0.15, 0.2) is 33.6 Å². The molecule has 2 heterocycles. The molecule has 0 spiro atoms. The predicted molar refractivity (Wildman–Crippen MR) is 105 cm³/mol. The highest BCUT2D eigenvalue weighted by molar-refractivity contribution is 7.89. The van der Waals surface area contributed by atoms with Gasteiger partial charge in [-0.05, 0) is 44.4 Å². The van der Waals surface area contributed by atoms with Crippen molar-refractivity contribution >= 4 is 33.2 Å². The summed E-state index contributed by atoms with van der Waals surface area (Å²) in [5, 5.41) is 5.33. The highest BCUT2D eigenvalue weighted by Gasteiger charge is 2.31. The zero-order valence-corrected chi connectivity index (χ0v) is 16.9. The maximum Gasteiger partial charge on any atom is 0.291 e. The molecular weight excluding hydrogens is 382 g/mol. The lowest BCUT2D eigenvalue weighted by molar-refractivity contribution is -0.114. The molecule has 2 aromatic rings. The summed E-state index contributed by atoms with van der Waals surface area (Å²) >= 11 is 0. The Hall–Kier alpha value is -2.65. The number of amides is 2. The number of carbonyl (C=O) groups is 2. The first-order valence-corrected chi connectivity index (χ1v) is 10.4. The normalized spacial score (nSPS) is 14.8. The van der Waals surface area contributed by atoms with E-state index in [0.29, 0.717) is 24.5 Å². The van der Waals surface area contributed by atoms with E-state index < -0.39 is 15.9 Å². The summed E-state index contributed by atoms with van der Waals surface area (Å²) in [6.07, 6.45) is 1.64. The Balaban J connectivity index is 1.87. The molecule has 28 heavy (non-hydrogen) atoms. The van der Waals surface area contributed by atoms with E-state index in [2.05, 4.69) is 10.6 Å². The molecule has 1 aromatic carbocycles. The molecular formula is C19H23N3O5S. The summed E-state index contributed by atoms with van der Waals surface area (Å²) in [5.41, 5.74) is 1.73. The van der Waals surface area contributed by atoms with Crippen LogP contribution in [0, 0.1) is 13.8 Å². The first-order chi connectivity index (χ1) is 13.2. The van der Waals surface area contributed by atoms with Gasteiger partial charge in [0, 0.05) is 26.1 Å². The van der Waals surface area contributed by atoms with Crippen LogP contribution in [0.4, 0.5) is 11.4 Å². The molecule has 2 amide bonds. The van der Waals surface area contributed by atoms with Crippen molar-refractivity contribution in [2.45, 2.75) is 38.5 Å². The van der Waals surface area contributed by atoms with Crippen LogP contribution in [-0.4, -0.2) is 37.6 Å². The molecule has 1 aromatic heterocycles. The number of nitrogens with one attached hydrogen (secondary N) is 2. The molecule has 1 aliphatic rings. The molecule has 1 aliphatic heterocycles. The van der Waals surface area contributed by atoms with Crippen molar-refractivity contribution < 1.29 is 22.4 Å². The summed E-state index contributed by atoms with van der Waals surface area (Å²) in [7, 11) is -3.68. The van der Waals surface area contributed by atoms with Crippen LogP contribution in [-0.2, 0) is 14.8 Å². The molecule has 1 fully saturated rings. The standard InChI is InChI=1S/C19H23N3O5S/c1-12-6-7-15(20-14(3)23)16(10-12)21-19(24)17-11-18(13(2)27-17)28(25,26)22-8-4-5-9-22/h6-7,10-11H,4-5,8-9H2,1-3H3,(H,20,23)(H,21,24). The second-order valence-electron chi connectivity index (χ2n) is 6.83. The smallest absolute Gasteiger partial charge is 0.291 e. The molecule has 0 aliphatic carbocycles. The van der Waals surface area contributed by atoms with E-state index in [1.54, 1.807) is 18.2 Å². The van der Waals surface area contributed by atoms with Crippen molar-refractivity contribution in [1.82, 2.24) is 4.31 Å². The number of nitrogens with zero attached hydrogens (tertiary/aromatic N) is 1. The van der Waals surface area contributed by atoms with E-state index >= 15 is 0 Å². The summed E-state index contributed by atoms with van der Waals surface area (Å²) in [6, 6.07) is 6.45. The fourth-order valence-corrected chi connectivity index (χ4v) is 4.82. The van der Waals surface area contributed by atoms with Gasteiger partial charge in [-0.2, -0.15) is 4.31 Å². The van der Waals surface area contributed by atoms with E-state index in [4.69, 9.17) is 4.42 Å². The van der Waals surface area contributed by atoms with E-state index in [0.717, 1.165) is 18.4 Å². The minimum atomic E-state index is -3.68. The minimum absolute atomic E-state index is 0.00544. The summed E-state index contributed by atoms with van der Waals surface area (Å²) in [5.74, 6) is -0.802. The van der Waals surface area contributed by atoms with Crippen molar-refractivity contribution in [3.05, 3.63) is 41.3 Å². The zero-order chi connectivity index (χ0) is 20.5. The van der Waals surface area contributed by atoms with Crippen molar-refractivity contribution in [3.63, 3.8) is 0 Å². The Morgan fingerprint density at radius 3 is 2.36 bits per heavy atom. The van der Waals surface area contributed by atoms with Crippen molar-refractivity contribution in [1.29, 1.82) is 0 Å². The topological polar surface area (TPSA) is 109 Å². The van der Waals surface area contributed by atoms with Crippen LogP contribution >= 0.6 is 0 Å². The summed E-state index contributed by atoms with van der Waals surface area (Å²) in [4.78, 5) is 24.0. The number of hydrogen-bond acceptors (Lipinski definition) is 5. The van der Waals surface area contributed by atoms with Gasteiger partial charge >= 0.3 is 0 Å². The number of furan rings is 1. The van der Waals surface area contributed by atoms with Gasteiger partial charge in [-0.25, -0.2) is 8.42 Å². The second-order valence-corrected chi connectivity index (χ2v) is 8.73. The van der Waals surface area contributed by atoms with E-state index in [9.17, 15) is 18.0 Å². The lowest BCUT2D eigenvalue weighted by atomic mass is 10.2.